The summed E-state index contributed by atoms with van der Waals surface area (Å²) in [6, 6.07) is 0. The Labute approximate surface area is 49.1 Å². The second-order valence-corrected chi connectivity index (χ2v) is 5.59. The number of hydrogen-bond donors (Lipinski definition) is 2. The van der Waals surface area contributed by atoms with E-state index in [1.165, 1.54) is 12.5 Å². The third kappa shape index (κ3) is 5.62. The maximum Gasteiger partial charge on any atom is 0.314 e. The van der Waals surface area contributed by atoms with Gasteiger partial charge < -0.3 is 5.11 Å². The highest BCUT2D eigenvalue weighted by molar-refractivity contribution is 8.02. The highest BCUT2D eigenvalue weighted by Crippen LogP contribution is 1.89. The maximum atomic E-state index is 10.6. The van der Waals surface area contributed by atoms with Crippen LogP contribution in [0.5, 0.6) is 0 Å². The first kappa shape index (κ1) is 7.62. The Kier molecular flexibility index (Phi) is 2.15. The van der Waals surface area contributed by atoms with Crippen LogP contribution in [-0.2, 0) is 14.7 Å². The zero-order valence-electron chi connectivity index (χ0n) is 4.92. The SMILES string of the molecule is C[SH](C)(=O)CC(=O)O. The van der Waals surface area contributed by atoms with E-state index in [0.29, 0.717) is 0 Å². The molecule has 0 spiro atoms. The predicted molar refractivity (Wildman–Crippen MR) is 33.9 cm³/mol. The van der Waals surface area contributed by atoms with E-state index in [9.17, 15) is 9.00 Å². The van der Waals surface area contributed by atoms with Gasteiger partial charge in [0.1, 0.15) is 0 Å². The van der Waals surface area contributed by atoms with E-state index in [4.69, 9.17) is 5.11 Å². The van der Waals surface area contributed by atoms with Crippen molar-refractivity contribution in [2.75, 3.05) is 18.3 Å². The molecule has 0 saturated carbocycles. The van der Waals surface area contributed by atoms with Gasteiger partial charge in [-0.05, 0) is 12.5 Å². The molecule has 0 fully saturated rings. The minimum Gasteiger partial charge on any atom is -0.481 e. The van der Waals surface area contributed by atoms with E-state index >= 15 is 0 Å². The number of thiol groups is 1. The number of rotatable bonds is 2. The summed E-state index contributed by atoms with van der Waals surface area (Å²) in [6.07, 6.45) is 2.92. The van der Waals surface area contributed by atoms with E-state index in [1.807, 2.05) is 0 Å². The lowest BCUT2D eigenvalue weighted by Crippen LogP contribution is -2.19. The molecule has 0 aromatic rings. The molecular formula is C4H10O3S. The second-order valence-electron chi connectivity index (χ2n) is 2.13. The number of aliphatic carboxylic acids is 1. The minimum absolute atomic E-state index is 0.201. The quantitative estimate of drug-likeness (QED) is 0.498. The van der Waals surface area contributed by atoms with Gasteiger partial charge in [-0.25, -0.2) is 0 Å². The van der Waals surface area contributed by atoms with Crippen LogP contribution >= 0.6 is 0 Å². The highest BCUT2D eigenvalue weighted by Gasteiger charge is 2.05. The molecular weight excluding hydrogens is 128 g/mol. The summed E-state index contributed by atoms with van der Waals surface area (Å²) in [5, 5.41) is 8.08. The van der Waals surface area contributed by atoms with Gasteiger partial charge in [-0.15, -0.1) is 0 Å². The van der Waals surface area contributed by atoms with Crippen molar-refractivity contribution in [3.05, 3.63) is 0 Å². The van der Waals surface area contributed by atoms with E-state index < -0.39 is 15.9 Å². The molecule has 0 aliphatic heterocycles. The molecule has 0 aliphatic carbocycles. The van der Waals surface area contributed by atoms with Gasteiger partial charge in [-0.3, -0.25) is 9.00 Å². The van der Waals surface area contributed by atoms with Crippen molar-refractivity contribution in [3.63, 3.8) is 0 Å². The molecule has 8 heavy (non-hydrogen) atoms. The van der Waals surface area contributed by atoms with Crippen molar-refractivity contribution in [1.82, 2.24) is 0 Å². The molecule has 0 amide bonds. The zero-order chi connectivity index (χ0) is 6.78. The lowest BCUT2D eigenvalue weighted by atomic mass is 10.8. The topological polar surface area (TPSA) is 54.4 Å². The number of carboxylic acids is 1. The van der Waals surface area contributed by atoms with Crippen LogP contribution in [0.2, 0.25) is 0 Å². The molecule has 0 saturated heterocycles. The summed E-state index contributed by atoms with van der Waals surface area (Å²) in [4.78, 5) is 9.84. The van der Waals surface area contributed by atoms with Gasteiger partial charge in [0.2, 0.25) is 0 Å². The third-order valence-corrected chi connectivity index (χ3v) is 1.55. The third-order valence-electron chi connectivity index (χ3n) is 0.516. The average molecular weight is 138 g/mol. The molecule has 4 heteroatoms. The fraction of sp³-hybridized carbons (Fsp3) is 0.750. The molecule has 0 aromatic heterocycles. The van der Waals surface area contributed by atoms with Gasteiger partial charge in [0, 0.05) is 0 Å². The van der Waals surface area contributed by atoms with E-state index in [2.05, 4.69) is 0 Å². The van der Waals surface area contributed by atoms with Gasteiger partial charge in [0.15, 0.2) is 0 Å². The highest BCUT2D eigenvalue weighted by atomic mass is 32.2. The van der Waals surface area contributed by atoms with E-state index in [-0.39, 0.29) is 5.75 Å². The van der Waals surface area contributed by atoms with E-state index in [0.717, 1.165) is 0 Å². The first-order chi connectivity index (χ1) is 3.42. The van der Waals surface area contributed by atoms with Gasteiger partial charge in [0.05, 0.1) is 5.75 Å². The Bertz CT molecular complexity index is 134. The number of hydrogen-bond acceptors (Lipinski definition) is 2. The first-order valence-electron chi connectivity index (χ1n) is 2.17. The van der Waals surface area contributed by atoms with Crippen LogP contribution in [0.4, 0.5) is 0 Å². The monoisotopic (exact) mass is 138 g/mol. The Balaban J connectivity index is 3.74. The van der Waals surface area contributed by atoms with Crippen molar-refractivity contribution in [2.45, 2.75) is 0 Å². The summed E-state index contributed by atoms with van der Waals surface area (Å²) < 4.78 is 10.6. The van der Waals surface area contributed by atoms with Crippen molar-refractivity contribution >= 4 is 15.9 Å². The van der Waals surface area contributed by atoms with Crippen LogP contribution in [-0.4, -0.2) is 33.5 Å². The maximum absolute atomic E-state index is 10.6. The predicted octanol–water partition coefficient (Wildman–Crippen LogP) is -0.653. The molecule has 0 rings (SSSR count). The Morgan fingerprint density at radius 2 is 2.00 bits per heavy atom. The van der Waals surface area contributed by atoms with Crippen LogP contribution < -0.4 is 0 Å². The molecule has 0 bridgehead atoms. The largest absolute Gasteiger partial charge is 0.481 e. The number of carboxylic acid groups (broad SMARTS) is 1. The van der Waals surface area contributed by atoms with Gasteiger partial charge in [0.25, 0.3) is 0 Å². The summed E-state index contributed by atoms with van der Waals surface area (Å²) in [5.41, 5.74) is 0. The van der Waals surface area contributed by atoms with Crippen LogP contribution in [0.25, 0.3) is 0 Å². The smallest absolute Gasteiger partial charge is 0.314 e. The fourth-order valence-electron chi connectivity index (χ4n) is 0.326. The van der Waals surface area contributed by atoms with Crippen molar-refractivity contribution < 1.29 is 14.1 Å². The number of carbonyl (C=O) groups is 1. The molecule has 0 atom stereocenters. The summed E-state index contributed by atoms with van der Waals surface area (Å²) >= 11 is 0. The van der Waals surface area contributed by atoms with Crippen molar-refractivity contribution in [2.24, 2.45) is 0 Å². The second kappa shape index (κ2) is 2.26. The molecule has 0 aliphatic rings. The molecule has 0 radical (unpaired) electrons. The molecule has 0 unspecified atom stereocenters. The van der Waals surface area contributed by atoms with Gasteiger partial charge >= 0.3 is 5.97 Å². The molecule has 50 valence electrons. The van der Waals surface area contributed by atoms with Crippen LogP contribution in [0, 0.1) is 0 Å². The van der Waals surface area contributed by atoms with E-state index in [1.54, 1.807) is 0 Å². The summed E-state index contributed by atoms with van der Waals surface area (Å²) in [5.74, 6) is -1.19. The standard InChI is InChI=1S/C4H10O3S/c1-8(2,7)3-4(5)6/h8H,3H2,1-2H3,(H,5,6). The normalized spacial score (nSPS) is 13.2. The van der Waals surface area contributed by atoms with Crippen molar-refractivity contribution in [3.8, 4) is 0 Å². The lowest BCUT2D eigenvalue weighted by molar-refractivity contribution is -0.134. The Morgan fingerprint density at radius 3 is 2.00 bits per heavy atom. The van der Waals surface area contributed by atoms with Gasteiger partial charge in [-0.1, -0.05) is 9.93 Å². The van der Waals surface area contributed by atoms with Crippen molar-refractivity contribution in [1.29, 1.82) is 0 Å². The Morgan fingerprint density at radius 1 is 1.62 bits per heavy atom. The average Bonchev–Trinajstić information content (AvgIpc) is 1.21. The summed E-state index contributed by atoms with van der Waals surface area (Å²) in [7, 11) is -2.32. The molecule has 0 aromatic carbocycles. The minimum atomic E-state index is -2.32. The molecule has 0 heterocycles. The van der Waals surface area contributed by atoms with Crippen LogP contribution in [0.15, 0.2) is 0 Å². The molecule has 3 nitrogen and oxygen atoms in total. The zero-order valence-corrected chi connectivity index (χ0v) is 5.81. The van der Waals surface area contributed by atoms with Crippen LogP contribution in [0.1, 0.15) is 0 Å². The summed E-state index contributed by atoms with van der Waals surface area (Å²) in [6.45, 7) is 0. The van der Waals surface area contributed by atoms with Gasteiger partial charge in [-0.2, -0.15) is 0 Å². The van der Waals surface area contributed by atoms with Crippen LogP contribution in [0.3, 0.4) is 0 Å². The first-order valence-corrected chi connectivity index (χ1v) is 4.96. The fourth-order valence-corrected chi connectivity index (χ4v) is 0.977. The Hall–Kier alpha value is -0.380. The molecule has 1 N–H and O–H groups in total. The lowest BCUT2D eigenvalue weighted by Gasteiger charge is -2.05.